The number of rotatable bonds is 9. The molecule has 2 aromatic rings. The summed E-state index contributed by atoms with van der Waals surface area (Å²) >= 11 is 0. The molecule has 0 radical (unpaired) electrons. The van der Waals surface area contributed by atoms with Crippen LogP contribution < -0.4 is 14.4 Å². The van der Waals surface area contributed by atoms with Gasteiger partial charge in [0.25, 0.3) is 5.91 Å². The lowest BCUT2D eigenvalue weighted by molar-refractivity contribution is -0.116. The summed E-state index contributed by atoms with van der Waals surface area (Å²) in [7, 11) is 0. The number of nitrogens with zero attached hydrogens (tertiary/aromatic N) is 2. The van der Waals surface area contributed by atoms with E-state index in [2.05, 4.69) is 24.0 Å². The zero-order valence-corrected chi connectivity index (χ0v) is 19.2. The Morgan fingerprint density at radius 3 is 2.61 bits per heavy atom. The van der Waals surface area contributed by atoms with E-state index in [-0.39, 0.29) is 12.0 Å². The van der Waals surface area contributed by atoms with Crippen molar-refractivity contribution in [1.82, 2.24) is 4.90 Å². The number of hydrogen-bond acceptors (Lipinski definition) is 5. The van der Waals surface area contributed by atoms with Gasteiger partial charge in [-0.05, 0) is 79.1 Å². The van der Waals surface area contributed by atoms with Crippen molar-refractivity contribution in [2.75, 3.05) is 37.7 Å². The second kappa shape index (κ2) is 9.57. The fourth-order valence-corrected chi connectivity index (χ4v) is 4.59. The Bertz CT molecular complexity index is 1030. The number of aliphatic hydroxyl groups excluding tert-OH is 1. The summed E-state index contributed by atoms with van der Waals surface area (Å²) in [4.78, 5) is 17.0. The summed E-state index contributed by atoms with van der Waals surface area (Å²) in [5, 5.41) is 9.66. The van der Waals surface area contributed by atoms with E-state index in [1.807, 2.05) is 36.4 Å². The van der Waals surface area contributed by atoms with Crippen molar-refractivity contribution in [3.05, 3.63) is 65.4 Å². The number of hydrogen-bond donors (Lipinski definition) is 1. The normalized spacial score (nSPS) is 20.9. The molecule has 1 saturated carbocycles. The van der Waals surface area contributed by atoms with Gasteiger partial charge in [0.05, 0.1) is 6.10 Å². The average Bonchev–Trinajstić information content (AvgIpc) is 3.51. The highest BCUT2D eigenvalue weighted by Gasteiger charge is 2.28. The summed E-state index contributed by atoms with van der Waals surface area (Å²) in [5.74, 6) is 2.51. The summed E-state index contributed by atoms with van der Waals surface area (Å²) in [5.41, 5.74) is 3.28. The number of benzene rings is 2. The third-order valence-corrected chi connectivity index (χ3v) is 6.72. The summed E-state index contributed by atoms with van der Waals surface area (Å²) in [6.45, 7) is 5.62. The molecule has 1 atom stereocenters. The summed E-state index contributed by atoms with van der Waals surface area (Å²) in [6.07, 6.45) is 5.83. The number of anilines is 1. The first-order chi connectivity index (χ1) is 16.1. The van der Waals surface area contributed by atoms with Crippen LogP contribution in [0, 0.1) is 0 Å². The van der Waals surface area contributed by atoms with Crippen molar-refractivity contribution in [3.8, 4) is 11.5 Å². The number of aliphatic hydroxyl groups is 1. The first-order valence-electron chi connectivity index (χ1n) is 12.1. The molecule has 6 heteroatoms. The van der Waals surface area contributed by atoms with E-state index in [4.69, 9.17) is 9.47 Å². The lowest BCUT2D eigenvalue weighted by Crippen LogP contribution is -2.28. The molecular weight excluding hydrogens is 416 g/mol. The van der Waals surface area contributed by atoms with E-state index in [0.717, 1.165) is 49.5 Å². The van der Waals surface area contributed by atoms with E-state index in [9.17, 15) is 9.90 Å². The molecule has 1 amide bonds. The Hall–Kier alpha value is -2.83. The van der Waals surface area contributed by atoms with Gasteiger partial charge >= 0.3 is 0 Å². The quantitative estimate of drug-likeness (QED) is 0.631. The van der Waals surface area contributed by atoms with Crippen molar-refractivity contribution >= 4 is 11.6 Å². The number of β-amino-alcohol motifs (C(OH)–C–C–N with tert-alkyl or cyclic N) is 1. The number of ether oxygens (including phenoxy) is 2. The lowest BCUT2D eigenvalue weighted by Gasteiger charge is -2.20. The topological polar surface area (TPSA) is 62.2 Å². The van der Waals surface area contributed by atoms with Gasteiger partial charge in [-0.2, -0.15) is 0 Å². The van der Waals surface area contributed by atoms with Crippen molar-refractivity contribution in [1.29, 1.82) is 0 Å². The molecule has 2 fully saturated rings. The van der Waals surface area contributed by atoms with Crippen LogP contribution >= 0.6 is 0 Å². The minimum Gasteiger partial charge on any atom is -0.492 e. The van der Waals surface area contributed by atoms with Gasteiger partial charge in [0.2, 0.25) is 0 Å². The number of aryl methyl sites for hydroxylation is 1. The third kappa shape index (κ3) is 5.07. The van der Waals surface area contributed by atoms with Gasteiger partial charge in [0, 0.05) is 31.9 Å². The fraction of sp³-hybridized carbons (Fsp3) is 0.444. The van der Waals surface area contributed by atoms with E-state index in [0.29, 0.717) is 30.6 Å². The maximum atomic E-state index is 13.0. The number of carbonyl (C=O) groups excluding carboxylic acids is 1. The predicted octanol–water partition coefficient (Wildman–Crippen LogP) is 3.88. The van der Waals surface area contributed by atoms with E-state index >= 15 is 0 Å². The van der Waals surface area contributed by atoms with Crippen LogP contribution in [0.1, 0.15) is 43.2 Å². The van der Waals surface area contributed by atoms with Gasteiger partial charge in [-0.15, -0.1) is 0 Å². The molecule has 2 aliphatic heterocycles. The second-order valence-electron chi connectivity index (χ2n) is 9.17. The van der Waals surface area contributed by atoms with Crippen LogP contribution in [-0.2, 0) is 11.2 Å². The first kappa shape index (κ1) is 22.0. The molecule has 0 aromatic heterocycles. The van der Waals surface area contributed by atoms with Crippen LogP contribution in [0.2, 0.25) is 0 Å². The van der Waals surface area contributed by atoms with E-state index in [1.165, 1.54) is 18.4 Å². The number of amides is 1. The zero-order chi connectivity index (χ0) is 22.8. The highest BCUT2D eigenvalue weighted by molar-refractivity contribution is 6.07. The van der Waals surface area contributed by atoms with Crippen LogP contribution in [0.25, 0.3) is 0 Å². The standard InChI is InChI=1S/C27H32N2O4/c1-2-19-17-22(7-10-25(19)32-16-15-28-13-11-23(30)18-28)29-14-12-26(27(29)31)33-24-8-5-21(6-9-24)20-3-4-20/h5-10,12,17,20,23,30H,2-4,11,13-16,18H2,1H3/t23-/m1/s1. The van der Waals surface area contributed by atoms with Gasteiger partial charge in [-0.25, -0.2) is 0 Å². The van der Waals surface area contributed by atoms with Gasteiger partial charge < -0.3 is 19.5 Å². The Morgan fingerprint density at radius 1 is 1.09 bits per heavy atom. The molecule has 1 saturated heterocycles. The molecule has 2 heterocycles. The molecule has 0 spiro atoms. The van der Waals surface area contributed by atoms with Crippen molar-refractivity contribution < 1.29 is 19.4 Å². The highest BCUT2D eigenvalue weighted by atomic mass is 16.5. The lowest BCUT2D eigenvalue weighted by atomic mass is 10.1. The smallest absolute Gasteiger partial charge is 0.294 e. The Morgan fingerprint density at radius 2 is 1.91 bits per heavy atom. The number of likely N-dealkylation sites (tertiary alicyclic amines) is 1. The van der Waals surface area contributed by atoms with Crippen LogP contribution in [0.5, 0.6) is 11.5 Å². The third-order valence-electron chi connectivity index (χ3n) is 6.72. The van der Waals surface area contributed by atoms with Crippen molar-refractivity contribution in [2.45, 2.75) is 44.6 Å². The zero-order valence-electron chi connectivity index (χ0n) is 19.2. The molecule has 174 valence electrons. The molecule has 0 unspecified atom stereocenters. The largest absolute Gasteiger partial charge is 0.492 e. The minimum atomic E-state index is -0.210. The van der Waals surface area contributed by atoms with Gasteiger partial charge in [-0.1, -0.05) is 19.1 Å². The fourth-order valence-electron chi connectivity index (χ4n) is 4.59. The molecule has 1 aliphatic carbocycles. The highest BCUT2D eigenvalue weighted by Crippen LogP contribution is 2.40. The number of carbonyl (C=O) groups is 1. The predicted molar refractivity (Wildman–Crippen MR) is 128 cm³/mol. The van der Waals surface area contributed by atoms with Gasteiger partial charge in [0.1, 0.15) is 18.1 Å². The molecule has 0 bridgehead atoms. The SMILES string of the molecule is CCc1cc(N2CC=C(Oc3ccc(C4CC4)cc3)C2=O)ccc1OCCN1CC[C@@H](O)C1. The molecule has 6 nitrogen and oxygen atoms in total. The minimum absolute atomic E-state index is 0.121. The Kier molecular flexibility index (Phi) is 6.38. The van der Waals surface area contributed by atoms with Crippen LogP contribution in [0.3, 0.4) is 0 Å². The maximum Gasteiger partial charge on any atom is 0.294 e. The molecule has 33 heavy (non-hydrogen) atoms. The summed E-state index contributed by atoms with van der Waals surface area (Å²) < 4.78 is 11.9. The second-order valence-corrected chi connectivity index (χ2v) is 9.17. The van der Waals surface area contributed by atoms with Crippen LogP contribution in [0.15, 0.2) is 54.3 Å². The van der Waals surface area contributed by atoms with E-state index < -0.39 is 0 Å². The van der Waals surface area contributed by atoms with Crippen LogP contribution in [-0.4, -0.2) is 54.8 Å². The molecule has 3 aliphatic rings. The van der Waals surface area contributed by atoms with Gasteiger partial charge in [0.15, 0.2) is 5.76 Å². The van der Waals surface area contributed by atoms with Crippen molar-refractivity contribution in [2.24, 2.45) is 0 Å². The Balaban J connectivity index is 1.18. The summed E-state index contributed by atoms with van der Waals surface area (Å²) in [6, 6.07) is 14.0. The van der Waals surface area contributed by atoms with Crippen LogP contribution in [0.4, 0.5) is 5.69 Å². The average molecular weight is 449 g/mol. The molecule has 2 aromatic carbocycles. The van der Waals surface area contributed by atoms with Gasteiger partial charge in [-0.3, -0.25) is 9.69 Å². The molecule has 5 rings (SSSR count). The maximum absolute atomic E-state index is 13.0. The molecule has 1 N–H and O–H groups in total. The van der Waals surface area contributed by atoms with E-state index in [1.54, 1.807) is 4.90 Å². The first-order valence-corrected chi connectivity index (χ1v) is 12.1. The molecular formula is C27H32N2O4. The Labute approximate surface area is 195 Å². The monoisotopic (exact) mass is 448 g/mol. The van der Waals surface area contributed by atoms with Crippen molar-refractivity contribution in [3.63, 3.8) is 0 Å².